The van der Waals surface area contributed by atoms with E-state index in [4.69, 9.17) is 15.2 Å². The Morgan fingerprint density at radius 2 is 2.22 bits per heavy atom. The van der Waals surface area contributed by atoms with Crippen molar-refractivity contribution in [2.45, 2.75) is 32.6 Å². The minimum Gasteiger partial charge on any atom is -0.481 e. The number of allylic oxidation sites excluding steroid dienone is 1. The van der Waals surface area contributed by atoms with Crippen molar-refractivity contribution in [1.82, 2.24) is 4.98 Å². The summed E-state index contributed by atoms with van der Waals surface area (Å²) in [5.74, 6) is 0.743. The lowest BCUT2D eigenvalue weighted by atomic mass is 10.3. The van der Waals surface area contributed by atoms with Crippen molar-refractivity contribution in [3.8, 4) is 11.8 Å². The van der Waals surface area contributed by atoms with Gasteiger partial charge in [-0.05, 0) is 12.5 Å². The zero-order valence-corrected chi connectivity index (χ0v) is 10.8. The van der Waals surface area contributed by atoms with E-state index < -0.39 is 6.29 Å². The van der Waals surface area contributed by atoms with E-state index >= 15 is 0 Å². The SMILES string of the molecule is CC/C=C\CC(O)Oc1ccc(CN)c(OC)n1. The summed E-state index contributed by atoms with van der Waals surface area (Å²) >= 11 is 0. The van der Waals surface area contributed by atoms with Crippen LogP contribution in [0.25, 0.3) is 0 Å². The second-order valence-electron chi connectivity index (χ2n) is 3.71. The zero-order chi connectivity index (χ0) is 13.4. The van der Waals surface area contributed by atoms with E-state index in [-0.39, 0.29) is 0 Å². The van der Waals surface area contributed by atoms with Crippen molar-refractivity contribution in [2.75, 3.05) is 7.11 Å². The Labute approximate surface area is 107 Å². The van der Waals surface area contributed by atoms with E-state index in [0.717, 1.165) is 12.0 Å². The highest BCUT2D eigenvalue weighted by Gasteiger charge is 2.09. The molecule has 0 aliphatic carbocycles. The number of methoxy groups -OCH3 is 1. The number of ether oxygens (including phenoxy) is 2. The molecule has 5 heteroatoms. The lowest BCUT2D eigenvalue weighted by Crippen LogP contribution is -2.15. The average Bonchev–Trinajstić information content (AvgIpc) is 2.39. The van der Waals surface area contributed by atoms with E-state index in [1.807, 2.05) is 19.1 Å². The van der Waals surface area contributed by atoms with E-state index in [0.29, 0.717) is 24.7 Å². The first-order valence-corrected chi connectivity index (χ1v) is 5.95. The number of aliphatic hydroxyl groups is 1. The van der Waals surface area contributed by atoms with Crippen molar-refractivity contribution >= 4 is 0 Å². The Balaban J connectivity index is 2.64. The van der Waals surface area contributed by atoms with Crippen LogP contribution in [0.15, 0.2) is 24.3 Å². The van der Waals surface area contributed by atoms with Crippen LogP contribution in [0.1, 0.15) is 25.3 Å². The summed E-state index contributed by atoms with van der Waals surface area (Å²) < 4.78 is 10.4. The number of nitrogens with two attached hydrogens (primary N) is 1. The maximum Gasteiger partial charge on any atom is 0.220 e. The quantitative estimate of drug-likeness (QED) is 0.569. The van der Waals surface area contributed by atoms with E-state index in [1.54, 1.807) is 12.1 Å². The molecule has 0 saturated heterocycles. The summed E-state index contributed by atoms with van der Waals surface area (Å²) in [5.41, 5.74) is 6.34. The van der Waals surface area contributed by atoms with Crippen LogP contribution in [-0.2, 0) is 6.54 Å². The van der Waals surface area contributed by atoms with Gasteiger partial charge in [0.1, 0.15) is 0 Å². The lowest BCUT2D eigenvalue weighted by Gasteiger charge is -2.12. The normalized spacial score (nSPS) is 12.7. The van der Waals surface area contributed by atoms with Crippen LogP contribution >= 0.6 is 0 Å². The molecule has 0 aliphatic rings. The van der Waals surface area contributed by atoms with Crippen molar-refractivity contribution in [2.24, 2.45) is 5.73 Å². The van der Waals surface area contributed by atoms with Crippen LogP contribution in [0.4, 0.5) is 0 Å². The van der Waals surface area contributed by atoms with Gasteiger partial charge in [0.25, 0.3) is 0 Å². The smallest absolute Gasteiger partial charge is 0.220 e. The molecule has 1 atom stereocenters. The van der Waals surface area contributed by atoms with E-state index in [1.165, 1.54) is 7.11 Å². The molecule has 0 aliphatic heterocycles. The number of aliphatic hydroxyl groups excluding tert-OH is 1. The summed E-state index contributed by atoms with van der Waals surface area (Å²) in [6.07, 6.45) is 4.29. The number of hydrogen-bond acceptors (Lipinski definition) is 5. The molecule has 1 unspecified atom stereocenters. The fourth-order valence-corrected chi connectivity index (χ4v) is 1.42. The predicted molar refractivity (Wildman–Crippen MR) is 69.4 cm³/mol. The molecule has 0 radical (unpaired) electrons. The summed E-state index contributed by atoms with van der Waals surface area (Å²) in [6.45, 7) is 2.37. The molecular weight excluding hydrogens is 232 g/mol. The van der Waals surface area contributed by atoms with Gasteiger partial charge in [0.15, 0.2) is 0 Å². The summed E-state index contributed by atoms with van der Waals surface area (Å²) in [5, 5.41) is 9.64. The number of nitrogens with zero attached hydrogens (tertiary/aromatic N) is 1. The minimum atomic E-state index is -0.909. The van der Waals surface area contributed by atoms with Gasteiger partial charge in [-0.2, -0.15) is 4.98 Å². The fraction of sp³-hybridized carbons (Fsp3) is 0.462. The van der Waals surface area contributed by atoms with Gasteiger partial charge in [-0.25, -0.2) is 0 Å². The van der Waals surface area contributed by atoms with Crippen LogP contribution in [0.5, 0.6) is 11.8 Å². The molecule has 5 nitrogen and oxygen atoms in total. The van der Waals surface area contributed by atoms with Gasteiger partial charge in [-0.15, -0.1) is 0 Å². The van der Waals surface area contributed by atoms with Crippen molar-refractivity contribution in [3.05, 3.63) is 29.8 Å². The molecule has 0 spiro atoms. The topological polar surface area (TPSA) is 77.6 Å². The molecule has 1 aromatic rings. The largest absolute Gasteiger partial charge is 0.481 e. The number of pyridine rings is 1. The summed E-state index contributed by atoms with van der Waals surface area (Å²) in [6, 6.07) is 3.44. The first kappa shape index (κ1) is 14.5. The van der Waals surface area contributed by atoms with Gasteiger partial charge >= 0.3 is 0 Å². The Hall–Kier alpha value is -1.59. The molecule has 1 aromatic heterocycles. The van der Waals surface area contributed by atoms with Crippen molar-refractivity contribution in [1.29, 1.82) is 0 Å². The standard InChI is InChI=1S/C13H20N2O3/c1-3-4-5-6-12(16)18-11-8-7-10(9-14)13(15-11)17-2/h4-5,7-8,12,16H,3,6,9,14H2,1-2H3/b5-4-. The third-order valence-electron chi connectivity index (χ3n) is 2.32. The fourth-order valence-electron chi connectivity index (χ4n) is 1.42. The molecule has 0 bridgehead atoms. The van der Waals surface area contributed by atoms with Gasteiger partial charge < -0.3 is 20.3 Å². The van der Waals surface area contributed by atoms with Gasteiger partial charge in [0.2, 0.25) is 18.1 Å². The number of rotatable bonds is 7. The molecule has 0 saturated carbocycles. The molecule has 0 aromatic carbocycles. The van der Waals surface area contributed by atoms with Crippen molar-refractivity contribution in [3.63, 3.8) is 0 Å². The highest BCUT2D eigenvalue weighted by atomic mass is 16.6. The zero-order valence-electron chi connectivity index (χ0n) is 10.8. The van der Waals surface area contributed by atoms with E-state index in [9.17, 15) is 5.11 Å². The van der Waals surface area contributed by atoms with Crippen LogP contribution in [-0.4, -0.2) is 23.5 Å². The van der Waals surface area contributed by atoms with Crippen LogP contribution in [0.2, 0.25) is 0 Å². The monoisotopic (exact) mass is 252 g/mol. The average molecular weight is 252 g/mol. The molecule has 3 N–H and O–H groups in total. The van der Waals surface area contributed by atoms with Gasteiger partial charge in [-0.3, -0.25) is 0 Å². The second-order valence-corrected chi connectivity index (χ2v) is 3.71. The Bertz CT molecular complexity index is 394. The van der Waals surface area contributed by atoms with Crippen LogP contribution in [0.3, 0.4) is 0 Å². The second kappa shape index (κ2) is 7.68. The minimum absolute atomic E-state index is 0.321. The Morgan fingerprint density at radius 3 is 2.83 bits per heavy atom. The molecule has 100 valence electrons. The highest BCUT2D eigenvalue weighted by Crippen LogP contribution is 2.20. The van der Waals surface area contributed by atoms with Gasteiger partial charge in [-0.1, -0.05) is 19.1 Å². The summed E-state index contributed by atoms with van der Waals surface area (Å²) in [4.78, 5) is 4.12. The highest BCUT2D eigenvalue weighted by molar-refractivity contribution is 5.30. The molecule has 18 heavy (non-hydrogen) atoms. The number of hydrogen-bond donors (Lipinski definition) is 2. The first-order chi connectivity index (χ1) is 8.71. The van der Waals surface area contributed by atoms with Crippen LogP contribution in [0, 0.1) is 0 Å². The van der Waals surface area contributed by atoms with Crippen molar-refractivity contribution < 1.29 is 14.6 Å². The Morgan fingerprint density at radius 1 is 1.44 bits per heavy atom. The number of aromatic nitrogens is 1. The third-order valence-corrected chi connectivity index (χ3v) is 2.32. The molecule has 0 amide bonds. The Kier molecular flexibility index (Phi) is 6.18. The molecule has 1 heterocycles. The van der Waals surface area contributed by atoms with E-state index in [2.05, 4.69) is 4.98 Å². The third kappa shape index (κ3) is 4.35. The first-order valence-electron chi connectivity index (χ1n) is 5.95. The maximum absolute atomic E-state index is 9.64. The summed E-state index contributed by atoms with van der Waals surface area (Å²) in [7, 11) is 1.52. The molecule has 1 rings (SSSR count). The van der Waals surface area contributed by atoms with Gasteiger partial charge in [0, 0.05) is 24.6 Å². The predicted octanol–water partition coefficient (Wildman–Crippen LogP) is 1.60. The van der Waals surface area contributed by atoms with Crippen LogP contribution < -0.4 is 15.2 Å². The molecule has 0 fully saturated rings. The van der Waals surface area contributed by atoms with Gasteiger partial charge in [0.05, 0.1) is 7.11 Å². The lowest BCUT2D eigenvalue weighted by molar-refractivity contribution is -0.0173. The molecular formula is C13H20N2O3. The maximum atomic E-state index is 9.64.